The molecular formula is C20H25N3O2. The number of rotatable bonds is 4. The lowest BCUT2D eigenvalue weighted by Crippen LogP contribution is -2.42. The molecule has 0 N–H and O–H groups in total. The van der Waals surface area contributed by atoms with Gasteiger partial charge in [0.1, 0.15) is 0 Å². The van der Waals surface area contributed by atoms with Gasteiger partial charge in [0, 0.05) is 30.8 Å². The average molecular weight is 339 g/mol. The third-order valence-electron chi connectivity index (χ3n) is 5.50. The van der Waals surface area contributed by atoms with Crippen LogP contribution in [0.25, 0.3) is 10.9 Å². The number of nitrogens with zero attached hydrogens (tertiary/aromatic N) is 3. The van der Waals surface area contributed by atoms with Crippen molar-refractivity contribution in [3.63, 3.8) is 0 Å². The monoisotopic (exact) mass is 339 g/mol. The standard InChI is InChI=1S/C20H25N3O2/c1-20(2,3)15-5-6-17-14(9-15)12-21-23(17)8-4-7-22-18(24)11-13-10-16(13)19(22)25/h5-6,9,12-13,16H,4,7-8,10-11H2,1-3H3. The molecule has 2 aliphatic rings. The molecule has 5 nitrogen and oxygen atoms in total. The normalized spacial score (nSPS) is 23.2. The van der Waals surface area contributed by atoms with Crippen molar-refractivity contribution in [1.82, 2.24) is 14.7 Å². The van der Waals surface area contributed by atoms with Crippen LogP contribution in [0, 0.1) is 11.8 Å². The predicted molar refractivity (Wildman–Crippen MR) is 96.0 cm³/mol. The van der Waals surface area contributed by atoms with Crippen LogP contribution in [0.5, 0.6) is 0 Å². The van der Waals surface area contributed by atoms with Gasteiger partial charge in [0.05, 0.1) is 11.7 Å². The van der Waals surface area contributed by atoms with E-state index in [9.17, 15) is 9.59 Å². The Morgan fingerprint density at radius 2 is 2.00 bits per heavy atom. The van der Waals surface area contributed by atoms with Gasteiger partial charge in [-0.3, -0.25) is 19.2 Å². The second-order valence-corrected chi connectivity index (χ2v) is 8.43. The Kier molecular flexibility index (Phi) is 3.71. The fraction of sp³-hybridized carbons (Fsp3) is 0.550. The van der Waals surface area contributed by atoms with E-state index in [1.165, 1.54) is 10.5 Å². The van der Waals surface area contributed by atoms with Crippen LogP contribution in [0.2, 0.25) is 0 Å². The van der Waals surface area contributed by atoms with Gasteiger partial charge >= 0.3 is 0 Å². The Morgan fingerprint density at radius 3 is 2.76 bits per heavy atom. The summed E-state index contributed by atoms with van der Waals surface area (Å²) in [6.07, 6.45) is 4.10. The van der Waals surface area contributed by atoms with Gasteiger partial charge in [-0.1, -0.05) is 26.8 Å². The van der Waals surface area contributed by atoms with E-state index >= 15 is 0 Å². The molecule has 1 aliphatic heterocycles. The zero-order chi connectivity index (χ0) is 17.8. The number of carbonyl (C=O) groups excluding carboxylic acids is 2. The van der Waals surface area contributed by atoms with E-state index < -0.39 is 0 Å². The third-order valence-corrected chi connectivity index (χ3v) is 5.50. The van der Waals surface area contributed by atoms with E-state index in [0.717, 1.165) is 23.7 Å². The van der Waals surface area contributed by atoms with Crippen molar-refractivity contribution in [3.8, 4) is 0 Å². The van der Waals surface area contributed by atoms with Gasteiger partial charge in [0.2, 0.25) is 11.8 Å². The maximum absolute atomic E-state index is 12.2. The number of amides is 2. The van der Waals surface area contributed by atoms with Crippen molar-refractivity contribution in [1.29, 1.82) is 0 Å². The summed E-state index contributed by atoms with van der Waals surface area (Å²) in [5, 5.41) is 5.63. The van der Waals surface area contributed by atoms with Crippen LogP contribution >= 0.6 is 0 Å². The Balaban J connectivity index is 1.43. The van der Waals surface area contributed by atoms with E-state index in [0.29, 0.717) is 25.4 Å². The molecule has 0 spiro atoms. The lowest BCUT2D eigenvalue weighted by molar-refractivity contribution is -0.148. The first-order valence-corrected chi connectivity index (χ1v) is 9.15. The van der Waals surface area contributed by atoms with Crippen LogP contribution in [0.1, 0.15) is 45.6 Å². The minimum absolute atomic E-state index is 0.00360. The topological polar surface area (TPSA) is 55.2 Å². The summed E-state index contributed by atoms with van der Waals surface area (Å²) < 4.78 is 1.97. The summed E-state index contributed by atoms with van der Waals surface area (Å²) in [4.78, 5) is 25.7. The van der Waals surface area contributed by atoms with Crippen LogP contribution in [0.15, 0.2) is 24.4 Å². The zero-order valence-corrected chi connectivity index (χ0v) is 15.2. The van der Waals surface area contributed by atoms with E-state index in [1.807, 2.05) is 10.9 Å². The van der Waals surface area contributed by atoms with Crippen LogP contribution in [0.3, 0.4) is 0 Å². The second kappa shape index (κ2) is 5.68. The Labute approximate surface area is 148 Å². The van der Waals surface area contributed by atoms with Crippen molar-refractivity contribution < 1.29 is 9.59 Å². The molecule has 0 radical (unpaired) electrons. The Morgan fingerprint density at radius 1 is 1.20 bits per heavy atom. The highest BCUT2D eigenvalue weighted by atomic mass is 16.2. The van der Waals surface area contributed by atoms with Gasteiger partial charge in [0.15, 0.2) is 0 Å². The number of hydrogen-bond donors (Lipinski definition) is 0. The molecule has 1 aromatic heterocycles. The molecule has 2 fully saturated rings. The molecule has 1 saturated carbocycles. The van der Waals surface area contributed by atoms with Gasteiger partial charge in [-0.05, 0) is 41.9 Å². The summed E-state index contributed by atoms with van der Waals surface area (Å²) in [7, 11) is 0. The molecule has 2 aromatic rings. The van der Waals surface area contributed by atoms with Gasteiger partial charge in [-0.25, -0.2) is 0 Å². The van der Waals surface area contributed by atoms with Crippen LogP contribution < -0.4 is 0 Å². The summed E-state index contributed by atoms with van der Waals surface area (Å²) in [5.74, 6) is 0.507. The Hall–Kier alpha value is -2.17. The molecule has 1 saturated heterocycles. The number of aromatic nitrogens is 2. The van der Waals surface area contributed by atoms with Crippen molar-refractivity contribution in [3.05, 3.63) is 30.0 Å². The number of fused-ring (bicyclic) bond motifs is 2. The number of imide groups is 1. The Bertz CT molecular complexity index is 846. The number of benzene rings is 1. The summed E-state index contributed by atoms with van der Waals surface area (Å²) >= 11 is 0. The number of aryl methyl sites for hydroxylation is 1. The highest BCUT2D eigenvalue weighted by molar-refractivity contribution is 6.01. The molecule has 25 heavy (non-hydrogen) atoms. The molecule has 1 aliphatic carbocycles. The second-order valence-electron chi connectivity index (χ2n) is 8.43. The number of hydrogen-bond acceptors (Lipinski definition) is 3. The lowest BCUT2D eigenvalue weighted by Gasteiger charge is -2.24. The smallest absolute Gasteiger partial charge is 0.232 e. The van der Waals surface area contributed by atoms with Crippen molar-refractivity contribution in [2.24, 2.45) is 11.8 Å². The van der Waals surface area contributed by atoms with Crippen LogP contribution in [-0.2, 0) is 21.5 Å². The fourth-order valence-corrected chi connectivity index (χ4v) is 3.78. The van der Waals surface area contributed by atoms with Crippen molar-refractivity contribution >= 4 is 22.7 Å². The van der Waals surface area contributed by atoms with Crippen LogP contribution in [-0.4, -0.2) is 33.0 Å². The summed E-state index contributed by atoms with van der Waals surface area (Å²) in [6, 6.07) is 6.48. The fourth-order valence-electron chi connectivity index (χ4n) is 3.78. The van der Waals surface area contributed by atoms with Crippen molar-refractivity contribution in [2.45, 2.75) is 52.0 Å². The molecule has 132 valence electrons. The minimum atomic E-state index is 0.00360. The minimum Gasteiger partial charge on any atom is -0.282 e. The molecule has 5 heteroatoms. The first kappa shape index (κ1) is 16.3. The number of carbonyl (C=O) groups is 2. The van der Waals surface area contributed by atoms with Gasteiger partial charge in [0.25, 0.3) is 0 Å². The highest BCUT2D eigenvalue weighted by Crippen LogP contribution is 2.46. The molecular weight excluding hydrogens is 314 g/mol. The first-order valence-electron chi connectivity index (χ1n) is 9.15. The largest absolute Gasteiger partial charge is 0.282 e. The van der Waals surface area contributed by atoms with Gasteiger partial charge in [-0.15, -0.1) is 0 Å². The molecule has 2 atom stereocenters. The first-order chi connectivity index (χ1) is 11.8. The van der Waals surface area contributed by atoms with E-state index in [4.69, 9.17) is 0 Å². The molecule has 2 unspecified atom stereocenters. The maximum atomic E-state index is 12.2. The third kappa shape index (κ3) is 2.96. The lowest BCUT2D eigenvalue weighted by atomic mass is 9.86. The van der Waals surface area contributed by atoms with E-state index in [2.05, 4.69) is 44.1 Å². The SMILES string of the molecule is CC(C)(C)c1ccc2c(cnn2CCCN2C(=O)CC3CC3C2=O)c1. The summed E-state index contributed by atoms with van der Waals surface area (Å²) in [6.45, 7) is 7.83. The van der Waals surface area contributed by atoms with Crippen LogP contribution in [0.4, 0.5) is 0 Å². The highest BCUT2D eigenvalue weighted by Gasteiger charge is 2.51. The molecule has 0 bridgehead atoms. The molecule has 4 rings (SSSR count). The molecule has 1 aromatic carbocycles. The van der Waals surface area contributed by atoms with E-state index in [-0.39, 0.29) is 23.1 Å². The molecule has 2 heterocycles. The molecule has 2 amide bonds. The number of likely N-dealkylation sites (tertiary alicyclic amines) is 1. The zero-order valence-electron chi connectivity index (χ0n) is 15.2. The average Bonchev–Trinajstić information content (AvgIpc) is 3.21. The predicted octanol–water partition coefficient (Wildman–Crippen LogP) is 3.12. The van der Waals surface area contributed by atoms with E-state index in [1.54, 1.807) is 0 Å². The van der Waals surface area contributed by atoms with Crippen molar-refractivity contribution in [2.75, 3.05) is 6.54 Å². The maximum Gasteiger partial charge on any atom is 0.232 e. The van der Waals surface area contributed by atoms with Gasteiger partial charge in [-0.2, -0.15) is 5.10 Å². The summed E-state index contributed by atoms with van der Waals surface area (Å²) in [5.41, 5.74) is 2.51. The van der Waals surface area contributed by atoms with Gasteiger partial charge < -0.3 is 0 Å². The number of piperidine rings is 1. The quantitative estimate of drug-likeness (QED) is 0.804.